The van der Waals surface area contributed by atoms with Crippen LogP contribution in [0, 0.1) is 0 Å². The Morgan fingerprint density at radius 2 is 1.65 bits per heavy atom. The second-order valence-corrected chi connectivity index (χ2v) is 5.50. The molecule has 0 atom stereocenters. The van der Waals surface area contributed by atoms with E-state index >= 15 is 0 Å². The van der Waals surface area contributed by atoms with Crippen LogP contribution in [0.2, 0.25) is 5.02 Å². The largest absolute Gasteiger partial charge is 0.506 e. The summed E-state index contributed by atoms with van der Waals surface area (Å²) in [4.78, 5) is 12.3. The van der Waals surface area contributed by atoms with E-state index in [1.807, 2.05) is 30.3 Å². The Bertz CT molecular complexity index is 847. The Labute approximate surface area is 139 Å². The number of phenolic OH excluding ortho intramolecular Hbond substituents is 1. The van der Waals surface area contributed by atoms with Gasteiger partial charge in [0.25, 0.3) is 5.91 Å². The standard InChI is InChI=1S/C19H14ClNO2/c20-16-8-4-7-15(11-16)19(23)21-17-12-14(9-10-18(17)22)13-5-2-1-3-6-13/h1-12,22H,(H,21,23). The van der Waals surface area contributed by atoms with Gasteiger partial charge in [0.05, 0.1) is 5.69 Å². The van der Waals surface area contributed by atoms with Crippen molar-refractivity contribution >= 4 is 23.2 Å². The minimum atomic E-state index is -0.326. The Kier molecular flexibility index (Phi) is 4.31. The maximum Gasteiger partial charge on any atom is 0.255 e. The zero-order valence-corrected chi connectivity index (χ0v) is 12.9. The van der Waals surface area contributed by atoms with Gasteiger partial charge < -0.3 is 10.4 Å². The van der Waals surface area contributed by atoms with Crippen molar-refractivity contribution in [2.24, 2.45) is 0 Å². The summed E-state index contributed by atoms with van der Waals surface area (Å²) in [5.41, 5.74) is 2.70. The molecule has 114 valence electrons. The quantitative estimate of drug-likeness (QED) is 0.669. The molecule has 0 radical (unpaired) electrons. The van der Waals surface area contributed by atoms with Gasteiger partial charge >= 0.3 is 0 Å². The van der Waals surface area contributed by atoms with E-state index in [4.69, 9.17) is 11.6 Å². The molecule has 0 bridgehead atoms. The highest BCUT2D eigenvalue weighted by molar-refractivity contribution is 6.31. The predicted octanol–water partition coefficient (Wildman–Crippen LogP) is 4.96. The van der Waals surface area contributed by atoms with E-state index in [1.54, 1.807) is 42.5 Å². The fourth-order valence-electron chi connectivity index (χ4n) is 2.27. The molecule has 3 nitrogen and oxygen atoms in total. The lowest BCUT2D eigenvalue weighted by Gasteiger charge is -2.10. The summed E-state index contributed by atoms with van der Waals surface area (Å²) in [5, 5.41) is 13.2. The second-order valence-electron chi connectivity index (χ2n) is 5.06. The number of rotatable bonds is 3. The zero-order chi connectivity index (χ0) is 16.2. The molecule has 0 saturated carbocycles. The van der Waals surface area contributed by atoms with Crippen LogP contribution in [0.3, 0.4) is 0 Å². The lowest BCUT2D eigenvalue weighted by molar-refractivity contribution is 0.102. The summed E-state index contributed by atoms with van der Waals surface area (Å²) in [7, 11) is 0. The van der Waals surface area contributed by atoms with Crippen molar-refractivity contribution in [1.82, 2.24) is 0 Å². The zero-order valence-electron chi connectivity index (χ0n) is 12.2. The molecular formula is C19H14ClNO2. The maximum atomic E-state index is 12.3. The monoisotopic (exact) mass is 323 g/mol. The number of anilines is 1. The minimum Gasteiger partial charge on any atom is -0.506 e. The van der Waals surface area contributed by atoms with Crippen molar-refractivity contribution in [2.45, 2.75) is 0 Å². The molecule has 2 N–H and O–H groups in total. The van der Waals surface area contributed by atoms with Crippen molar-refractivity contribution in [3.63, 3.8) is 0 Å². The first-order chi connectivity index (χ1) is 11.1. The number of nitrogens with one attached hydrogen (secondary N) is 1. The van der Waals surface area contributed by atoms with Gasteiger partial charge in [0.2, 0.25) is 0 Å². The SMILES string of the molecule is O=C(Nc1cc(-c2ccccc2)ccc1O)c1cccc(Cl)c1. The van der Waals surface area contributed by atoms with Crippen LogP contribution in [0.25, 0.3) is 11.1 Å². The van der Waals surface area contributed by atoms with Gasteiger partial charge in [0.15, 0.2) is 0 Å². The van der Waals surface area contributed by atoms with Crippen LogP contribution in [0.4, 0.5) is 5.69 Å². The molecule has 4 heteroatoms. The summed E-state index contributed by atoms with van der Waals surface area (Å²) in [5.74, 6) is -0.312. The molecule has 0 saturated heterocycles. The third kappa shape index (κ3) is 3.52. The molecule has 0 spiro atoms. The van der Waals surface area contributed by atoms with Gasteiger partial charge in [0.1, 0.15) is 5.75 Å². The molecule has 0 aliphatic carbocycles. The molecule has 3 aromatic rings. The van der Waals surface area contributed by atoms with Crippen molar-refractivity contribution < 1.29 is 9.90 Å². The maximum absolute atomic E-state index is 12.3. The molecular weight excluding hydrogens is 310 g/mol. The van der Waals surface area contributed by atoms with E-state index in [1.165, 1.54) is 0 Å². The van der Waals surface area contributed by atoms with E-state index in [0.717, 1.165) is 11.1 Å². The van der Waals surface area contributed by atoms with Gasteiger partial charge in [0, 0.05) is 10.6 Å². The summed E-state index contributed by atoms with van der Waals surface area (Å²) < 4.78 is 0. The van der Waals surface area contributed by atoms with Gasteiger partial charge in [-0.05, 0) is 41.5 Å². The number of halogens is 1. The summed E-state index contributed by atoms with van der Waals surface area (Å²) in [6.07, 6.45) is 0. The van der Waals surface area contributed by atoms with Crippen LogP contribution in [0.5, 0.6) is 5.75 Å². The Balaban J connectivity index is 1.89. The number of hydrogen-bond donors (Lipinski definition) is 2. The molecule has 3 aromatic carbocycles. The van der Waals surface area contributed by atoms with E-state index in [0.29, 0.717) is 16.3 Å². The fourth-order valence-corrected chi connectivity index (χ4v) is 2.46. The number of carbonyl (C=O) groups excluding carboxylic acids is 1. The predicted molar refractivity (Wildman–Crippen MR) is 92.9 cm³/mol. The Morgan fingerprint density at radius 3 is 2.39 bits per heavy atom. The van der Waals surface area contributed by atoms with Gasteiger partial charge in [-0.3, -0.25) is 4.79 Å². The Hall–Kier alpha value is -2.78. The number of benzene rings is 3. The van der Waals surface area contributed by atoms with Crippen LogP contribution < -0.4 is 5.32 Å². The highest BCUT2D eigenvalue weighted by Crippen LogP contribution is 2.30. The first-order valence-corrected chi connectivity index (χ1v) is 7.46. The normalized spacial score (nSPS) is 10.3. The van der Waals surface area contributed by atoms with E-state index < -0.39 is 0 Å². The third-order valence-corrected chi connectivity index (χ3v) is 3.67. The minimum absolute atomic E-state index is 0.0139. The van der Waals surface area contributed by atoms with Crippen molar-refractivity contribution in [2.75, 3.05) is 5.32 Å². The summed E-state index contributed by atoms with van der Waals surface area (Å²) in [6, 6.07) is 21.5. The fraction of sp³-hybridized carbons (Fsp3) is 0. The summed E-state index contributed by atoms with van der Waals surface area (Å²) in [6.45, 7) is 0. The summed E-state index contributed by atoms with van der Waals surface area (Å²) >= 11 is 5.90. The molecule has 0 unspecified atom stereocenters. The Morgan fingerprint density at radius 1 is 0.870 bits per heavy atom. The van der Waals surface area contributed by atoms with Crippen LogP contribution >= 0.6 is 11.6 Å². The first kappa shape index (κ1) is 15.1. The van der Waals surface area contributed by atoms with Crippen LogP contribution in [-0.4, -0.2) is 11.0 Å². The number of phenols is 1. The number of amides is 1. The lowest BCUT2D eigenvalue weighted by atomic mass is 10.0. The average Bonchev–Trinajstić information content (AvgIpc) is 2.57. The van der Waals surface area contributed by atoms with E-state index in [9.17, 15) is 9.90 Å². The molecule has 23 heavy (non-hydrogen) atoms. The van der Waals surface area contributed by atoms with Gasteiger partial charge in [-0.15, -0.1) is 0 Å². The number of hydrogen-bond acceptors (Lipinski definition) is 2. The molecule has 3 rings (SSSR count). The first-order valence-electron chi connectivity index (χ1n) is 7.09. The third-order valence-electron chi connectivity index (χ3n) is 3.44. The van der Waals surface area contributed by atoms with Crippen LogP contribution in [-0.2, 0) is 0 Å². The van der Waals surface area contributed by atoms with E-state index in [2.05, 4.69) is 5.32 Å². The van der Waals surface area contributed by atoms with Crippen molar-refractivity contribution in [1.29, 1.82) is 0 Å². The van der Waals surface area contributed by atoms with Crippen molar-refractivity contribution in [3.8, 4) is 16.9 Å². The average molecular weight is 324 g/mol. The molecule has 0 heterocycles. The lowest BCUT2D eigenvalue weighted by Crippen LogP contribution is -2.11. The van der Waals surface area contributed by atoms with Gasteiger partial charge in [-0.25, -0.2) is 0 Å². The van der Waals surface area contributed by atoms with Gasteiger partial charge in [-0.2, -0.15) is 0 Å². The second kappa shape index (κ2) is 6.55. The number of aromatic hydroxyl groups is 1. The smallest absolute Gasteiger partial charge is 0.255 e. The highest BCUT2D eigenvalue weighted by Gasteiger charge is 2.10. The molecule has 0 aromatic heterocycles. The van der Waals surface area contributed by atoms with Crippen LogP contribution in [0.1, 0.15) is 10.4 Å². The van der Waals surface area contributed by atoms with Gasteiger partial charge in [-0.1, -0.05) is 54.1 Å². The molecule has 0 fully saturated rings. The molecule has 0 aliphatic heterocycles. The van der Waals surface area contributed by atoms with Crippen LogP contribution in [0.15, 0.2) is 72.8 Å². The van der Waals surface area contributed by atoms with Crippen molar-refractivity contribution in [3.05, 3.63) is 83.4 Å². The van der Waals surface area contributed by atoms with E-state index in [-0.39, 0.29) is 11.7 Å². The molecule has 1 amide bonds. The highest BCUT2D eigenvalue weighted by atomic mass is 35.5. The topological polar surface area (TPSA) is 49.3 Å². The molecule has 0 aliphatic rings. The number of carbonyl (C=O) groups is 1.